The zero-order valence-corrected chi connectivity index (χ0v) is 13.8. The van der Waals surface area contributed by atoms with Gasteiger partial charge in [-0.1, -0.05) is 41.9 Å². The zero-order valence-electron chi connectivity index (χ0n) is 12.3. The van der Waals surface area contributed by atoms with Gasteiger partial charge in [-0.2, -0.15) is 0 Å². The monoisotopic (exact) mass is 352 g/mol. The van der Waals surface area contributed by atoms with Gasteiger partial charge >= 0.3 is 0 Å². The first-order valence-corrected chi connectivity index (χ1v) is 9.16. The number of sulfone groups is 1. The molecule has 0 aromatic heterocycles. The number of rotatable bonds is 5. The normalized spacial score (nSPS) is 22.7. The Balaban J connectivity index is 2.07. The van der Waals surface area contributed by atoms with E-state index in [9.17, 15) is 18.6 Å². The molecule has 2 aromatic carbocycles. The van der Waals surface area contributed by atoms with E-state index in [1.54, 1.807) is 42.5 Å². The van der Waals surface area contributed by atoms with Crippen LogP contribution < -0.4 is 0 Å². The van der Waals surface area contributed by atoms with Gasteiger partial charge in [0.05, 0.1) is 23.4 Å². The molecule has 0 bridgehead atoms. The molecule has 1 aliphatic carbocycles. The van der Waals surface area contributed by atoms with Gasteiger partial charge in [-0.05, 0) is 29.8 Å². The van der Waals surface area contributed by atoms with Gasteiger partial charge in [0, 0.05) is 16.4 Å². The lowest BCUT2D eigenvalue weighted by molar-refractivity contribution is 0.130. The summed E-state index contributed by atoms with van der Waals surface area (Å²) in [6.45, 7) is -0.811. The number of aliphatic hydroxyl groups is 2. The first-order chi connectivity index (χ1) is 11.0. The first-order valence-electron chi connectivity index (χ1n) is 7.23. The largest absolute Gasteiger partial charge is 0.396 e. The lowest BCUT2D eigenvalue weighted by Crippen LogP contribution is -2.22. The number of hydrogen-bond acceptors (Lipinski definition) is 4. The van der Waals surface area contributed by atoms with E-state index in [2.05, 4.69) is 0 Å². The van der Waals surface area contributed by atoms with E-state index in [-0.39, 0.29) is 4.90 Å². The number of halogens is 1. The number of benzene rings is 2. The molecule has 4 nitrogen and oxygen atoms in total. The van der Waals surface area contributed by atoms with Crippen LogP contribution in [0.2, 0.25) is 5.02 Å². The van der Waals surface area contributed by atoms with Gasteiger partial charge in [0.15, 0.2) is 9.84 Å². The van der Waals surface area contributed by atoms with E-state index in [0.717, 1.165) is 0 Å². The Bertz CT molecular complexity index is 800. The molecular formula is C17H17ClO4S. The van der Waals surface area contributed by atoms with E-state index in [1.165, 1.54) is 12.1 Å². The Morgan fingerprint density at radius 3 is 2.22 bits per heavy atom. The lowest BCUT2D eigenvalue weighted by Gasteiger charge is -2.11. The third-order valence-electron chi connectivity index (χ3n) is 4.58. The molecule has 3 rings (SSSR count). The highest BCUT2D eigenvalue weighted by Gasteiger charge is 2.70. The molecule has 0 saturated heterocycles. The molecule has 0 unspecified atom stereocenters. The molecule has 23 heavy (non-hydrogen) atoms. The van der Waals surface area contributed by atoms with Crippen molar-refractivity contribution in [2.45, 2.75) is 16.1 Å². The molecule has 6 heteroatoms. The van der Waals surface area contributed by atoms with Crippen molar-refractivity contribution in [3.8, 4) is 0 Å². The Kier molecular flexibility index (Phi) is 4.23. The van der Waals surface area contributed by atoms with Gasteiger partial charge in [-0.25, -0.2) is 8.42 Å². The van der Waals surface area contributed by atoms with Crippen molar-refractivity contribution >= 4 is 21.4 Å². The van der Waals surface area contributed by atoms with Crippen LogP contribution in [0.25, 0.3) is 0 Å². The average molecular weight is 353 g/mol. The van der Waals surface area contributed by atoms with Crippen LogP contribution in [0, 0.1) is 5.41 Å². The van der Waals surface area contributed by atoms with Crippen molar-refractivity contribution < 1.29 is 18.6 Å². The van der Waals surface area contributed by atoms with Gasteiger partial charge in [0.25, 0.3) is 0 Å². The summed E-state index contributed by atoms with van der Waals surface area (Å²) in [4.78, 5) is 0.195. The molecule has 122 valence electrons. The van der Waals surface area contributed by atoms with Crippen LogP contribution in [-0.4, -0.2) is 37.1 Å². The van der Waals surface area contributed by atoms with Crippen LogP contribution in [0.5, 0.6) is 0 Å². The maximum absolute atomic E-state index is 12.9. The summed E-state index contributed by atoms with van der Waals surface area (Å²) in [5, 5.41) is 19.2. The second kappa shape index (κ2) is 5.91. The molecule has 0 spiro atoms. The Morgan fingerprint density at radius 1 is 1.00 bits per heavy atom. The minimum Gasteiger partial charge on any atom is -0.396 e. The van der Waals surface area contributed by atoms with Gasteiger partial charge < -0.3 is 10.2 Å². The third-order valence-corrected chi connectivity index (χ3v) is 7.16. The minimum atomic E-state index is -3.67. The zero-order chi connectivity index (χ0) is 16.7. The predicted octanol–water partition coefficient (Wildman–Crippen LogP) is 2.25. The summed E-state index contributed by atoms with van der Waals surface area (Å²) in [6, 6.07) is 15.0. The maximum atomic E-state index is 12.9. The van der Waals surface area contributed by atoms with Crippen LogP contribution in [0.15, 0.2) is 59.5 Å². The lowest BCUT2D eigenvalue weighted by atomic mass is 10.0. The first kappa shape index (κ1) is 16.5. The third kappa shape index (κ3) is 2.58. The summed E-state index contributed by atoms with van der Waals surface area (Å²) in [5.74, 6) is -0.485. The highest BCUT2D eigenvalue weighted by atomic mass is 35.5. The second-order valence-electron chi connectivity index (χ2n) is 5.86. The summed E-state index contributed by atoms with van der Waals surface area (Å²) in [7, 11) is -3.67. The van der Waals surface area contributed by atoms with Crippen LogP contribution >= 0.6 is 11.6 Å². The Labute approximate surface area is 140 Å². The summed E-state index contributed by atoms with van der Waals surface area (Å²) < 4.78 is 25.9. The molecule has 0 radical (unpaired) electrons. The molecular weight excluding hydrogens is 336 g/mol. The smallest absolute Gasteiger partial charge is 0.182 e. The van der Waals surface area contributed by atoms with E-state index in [0.29, 0.717) is 10.6 Å². The second-order valence-corrected chi connectivity index (χ2v) is 8.37. The molecule has 1 aliphatic rings. The quantitative estimate of drug-likeness (QED) is 0.865. The summed E-state index contributed by atoms with van der Waals surface area (Å²) in [6.07, 6.45) is 0. The standard InChI is InChI=1S/C17H17ClO4S/c18-13-6-4-5-12(9-13)15-16(17(15,10-19)11-20)23(21,22)14-7-2-1-3-8-14/h1-9,15-16,19-20H,10-11H2/t15-,16-/m0/s1. The van der Waals surface area contributed by atoms with E-state index >= 15 is 0 Å². The van der Waals surface area contributed by atoms with Crippen molar-refractivity contribution in [1.29, 1.82) is 0 Å². The predicted molar refractivity (Wildman–Crippen MR) is 88.2 cm³/mol. The van der Waals surface area contributed by atoms with E-state index in [4.69, 9.17) is 11.6 Å². The van der Waals surface area contributed by atoms with Crippen LogP contribution in [0.3, 0.4) is 0 Å². The number of hydrogen-bond donors (Lipinski definition) is 2. The van der Waals surface area contributed by atoms with E-state index < -0.39 is 39.6 Å². The highest BCUT2D eigenvalue weighted by Crippen LogP contribution is 2.63. The van der Waals surface area contributed by atoms with E-state index in [1.807, 2.05) is 0 Å². The van der Waals surface area contributed by atoms with Crippen molar-refractivity contribution in [2.24, 2.45) is 5.41 Å². The topological polar surface area (TPSA) is 74.6 Å². The summed E-state index contributed by atoms with van der Waals surface area (Å²) >= 11 is 6.00. The van der Waals surface area contributed by atoms with Crippen molar-refractivity contribution in [3.63, 3.8) is 0 Å². The maximum Gasteiger partial charge on any atom is 0.182 e. The van der Waals surface area contributed by atoms with Crippen LogP contribution in [0.4, 0.5) is 0 Å². The molecule has 0 aliphatic heterocycles. The van der Waals surface area contributed by atoms with Crippen molar-refractivity contribution in [1.82, 2.24) is 0 Å². The molecule has 2 aromatic rings. The molecule has 1 saturated carbocycles. The Hall–Kier alpha value is -1.40. The molecule has 2 N–H and O–H groups in total. The average Bonchev–Trinajstić information content (AvgIpc) is 3.26. The SMILES string of the molecule is O=S(=O)(c1ccccc1)[C@H]1[C@H](c2cccc(Cl)c2)C1(CO)CO. The molecule has 1 fully saturated rings. The van der Waals surface area contributed by atoms with Gasteiger partial charge in [-0.15, -0.1) is 0 Å². The van der Waals surface area contributed by atoms with Gasteiger partial charge in [-0.3, -0.25) is 0 Å². The van der Waals surface area contributed by atoms with Crippen molar-refractivity contribution in [3.05, 3.63) is 65.2 Å². The highest BCUT2D eigenvalue weighted by molar-refractivity contribution is 7.92. The van der Waals surface area contributed by atoms with Gasteiger partial charge in [0.1, 0.15) is 0 Å². The van der Waals surface area contributed by atoms with Crippen LogP contribution in [-0.2, 0) is 9.84 Å². The number of aliphatic hydroxyl groups excluding tert-OH is 2. The molecule has 2 atom stereocenters. The Morgan fingerprint density at radius 2 is 1.65 bits per heavy atom. The minimum absolute atomic E-state index is 0.195. The fourth-order valence-electron chi connectivity index (χ4n) is 3.33. The van der Waals surface area contributed by atoms with Gasteiger partial charge in [0.2, 0.25) is 0 Å². The fraction of sp³-hybridized carbons (Fsp3) is 0.294. The molecule has 0 heterocycles. The fourth-order valence-corrected chi connectivity index (χ4v) is 5.98. The summed E-state index contributed by atoms with van der Waals surface area (Å²) in [5.41, 5.74) is -0.371. The van der Waals surface area contributed by atoms with Crippen LogP contribution in [0.1, 0.15) is 11.5 Å². The molecule has 0 amide bonds. The van der Waals surface area contributed by atoms with Crippen molar-refractivity contribution in [2.75, 3.05) is 13.2 Å².